The molecule has 2 aromatic rings. The minimum atomic E-state index is -1.33. The fraction of sp³-hybridized carbons (Fsp3) is 0.556. The van der Waals surface area contributed by atoms with Crippen LogP contribution in [0.15, 0.2) is 24.4 Å². The third-order valence-electron chi connectivity index (χ3n) is 5.54. The molecule has 0 unspecified atom stereocenters. The highest BCUT2D eigenvalue weighted by molar-refractivity contribution is 6.76. The number of nitrogens with zero attached hydrogens (tertiary/aromatic N) is 2. The van der Waals surface area contributed by atoms with Crippen molar-refractivity contribution in [3.63, 3.8) is 0 Å². The van der Waals surface area contributed by atoms with Crippen molar-refractivity contribution in [1.29, 1.82) is 0 Å². The number of aromatic nitrogens is 2. The summed E-state index contributed by atoms with van der Waals surface area (Å²) in [6, 6.07) is 5.12. The largest absolute Gasteiger partial charge is 0.481 e. The normalized spacial score (nSPS) is 12.5. The van der Waals surface area contributed by atoms with E-state index in [1.165, 1.54) is 7.11 Å². The molecule has 2 amide bonds. The first kappa shape index (κ1) is 33.6. The van der Waals surface area contributed by atoms with Crippen LogP contribution in [0.4, 0.5) is 21.0 Å². The molecule has 0 aliphatic rings. The lowest BCUT2D eigenvalue weighted by Crippen LogP contribution is -2.38. The molecule has 41 heavy (non-hydrogen) atoms. The molecule has 14 heteroatoms. The van der Waals surface area contributed by atoms with Crippen LogP contribution in [0.3, 0.4) is 0 Å². The predicted molar refractivity (Wildman–Crippen MR) is 157 cm³/mol. The molecular weight excluding hydrogens is 550 g/mol. The highest BCUT2D eigenvalue weighted by Gasteiger charge is 2.26. The van der Waals surface area contributed by atoms with Gasteiger partial charge in [0, 0.05) is 37.8 Å². The van der Waals surface area contributed by atoms with Crippen LogP contribution in [-0.2, 0) is 30.5 Å². The number of nitrogen functional groups attached to an aromatic ring is 1. The molecule has 0 fully saturated rings. The molecule has 1 atom stereocenters. The Hall–Kier alpha value is -3.62. The number of nitrogens with one attached hydrogen (secondary N) is 2. The zero-order chi connectivity index (χ0) is 30.8. The van der Waals surface area contributed by atoms with Crippen molar-refractivity contribution in [3.8, 4) is 11.3 Å². The second kappa shape index (κ2) is 14.8. The van der Waals surface area contributed by atoms with Gasteiger partial charge in [-0.25, -0.2) is 14.6 Å². The maximum absolute atomic E-state index is 12.7. The predicted octanol–water partition coefficient (Wildman–Crippen LogP) is 4.68. The van der Waals surface area contributed by atoms with E-state index in [2.05, 4.69) is 35.0 Å². The summed E-state index contributed by atoms with van der Waals surface area (Å²) in [5.41, 5.74) is 7.46. The first-order valence-corrected chi connectivity index (χ1v) is 17.0. The van der Waals surface area contributed by atoms with E-state index in [1.54, 1.807) is 49.7 Å². The van der Waals surface area contributed by atoms with Crippen molar-refractivity contribution >= 4 is 37.6 Å². The van der Waals surface area contributed by atoms with Crippen LogP contribution in [0.5, 0.6) is 0 Å². The second-order valence-electron chi connectivity index (χ2n) is 11.6. The maximum atomic E-state index is 12.7. The minimum Gasteiger partial charge on any atom is -0.481 e. The van der Waals surface area contributed by atoms with Gasteiger partial charge in [-0.15, -0.1) is 0 Å². The molecule has 1 aromatic carbocycles. The first-order valence-electron chi connectivity index (χ1n) is 13.3. The van der Waals surface area contributed by atoms with E-state index in [1.807, 2.05) is 0 Å². The molecule has 0 radical (unpaired) electrons. The smallest absolute Gasteiger partial charge is 0.411 e. The molecule has 1 heterocycles. The number of aliphatic carboxylic acids is 1. The van der Waals surface area contributed by atoms with Gasteiger partial charge in [0.05, 0.1) is 32.4 Å². The number of nitrogens with two attached hydrogens (primary N) is 1. The third-order valence-corrected chi connectivity index (χ3v) is 7.25. The van der Waals surface area contributed by atoms with E-state index in [0.29, 0.717) is 35.1 Å². The number of hydrogen-bond acceptors (Lipinski definition) is 9. The van der Waals surface area contributed by atoms with Gasteiger partial charge < -0.3 is 39.7 Å². The van der Waals surface area contributed by atoms with Crippen LogP contribution in [0.1, 0.15) is 39.1 Å². The topological polar surface area (TPSA) is 176 Å². The van der Waals surface area contributed by atoms with E-state index >= 15 is 0 Å². The molecule has 0 aliphatic carbocycles. The Labute approximate surface area is 241 Å². The number of anilines is 2. The quantitative estimate of drug-likeness (QED) is 0.137. The van der Waals surface area contributed by atoms with Gasteiger partial charge in [-0.2, -0.15) is 0 Å². The number of ether oxygens (including phenoxy) is 4. The van der Waals surface area contributed by atoms with E-state index in [9.17, 15) is 14.4 Å². The van der Waals surface area contributed by atoms with Gasteiger partial charge in [-0.1, -0.05) is 19.6 Å². The van der Waals surface area contributed by atoms with Gasteiger partial charge in [-0.3, -0.25) is 10.1 Å². The Bertz CT molecular complexity index is 1190. The number of carbonyl (C=O) groups excluding carboxylic acids is 2. The van der Waals surface area contributed by atoms with Crippen molar-refractivity contribution < 1.29 is 38.4 Å². The molecule has 13 nitrogen and oxygen atoms in total. The van der Waals surface area contributed by atoms with E-state index < -0.39 is 37.9 Å². The fourth-order valence-electron chi connectivity index (χ4n) is 3.52. The molecule has 1 aromatic heterocycles. The van der Waals surface area contributed by atoms with E-state index in [0.717, 1.165) is 6.04 Å². The number of carboxylic acid groups (broad SMARTS) is 1. The van der Waals surface area contributed by atoms with Gasteiger partial charge in [0.2, 0.25) is 0 Å². The highest BCUT2D eigenvalue weighted by atomic mass is 28.3. The van der Waals surface area contributed by atoms with Crippen LogP contribution in [0.2, 0.25) is 25.7 Å². The SMILES string of the molecule is COC(=O)Nc1ccc(-c2cn(COCC[Si](C)(C)C)c([C@@H](COCCC(=O)O)NC(=O)OC(C)(C)C)n2)c(N)c1. The van der Waals surface area contributed by atoms with Crippen molar-refractivity contribution in [3.05, 3.63) is 30.2 Å². The molecule has 5 N–H and O–H groups in total. The van der Waals surface area contributed by atoms with E-state index in [-0.39, 0.29) is 26.4 Å². The Kier molecular flexibility index (Phi) is 12.2. The van der Waals surface area contributed by atoms with Crippen LogP contribution in [-0.4, -0.2) is 73.4 Å². The van der Waals surface area contributed by atoms with E-state index in [4.69, 9.17) is 30.0 Å². The average molecular weight is 594 g/mol. The molecular formula is C27H43N5O8Si. The van der Waals surface area contributed by atoms with Gasteiger partial charge in [-0.05, 0) is 45.0 Å². The van der Waals surface area contributed by atoms with Gasteiger partial charge in [0.15, 0.2) is 0 Å². The summed E-state index contributed by atoms with van der Waals surface area (Å²) >= 11 is 0. The Morgan fingerprint density at radius 1 is 1.12 bits per heavy atom. The van der Waals surface area contributed by atoms with Gasteiger partial charge in [0.25, 0.3) is 0 Å². The Balaban J connectivity index is 2.43. The number of imidazole rings is 1. The van der Waals surface area contributed by atoms with Crippen LogP contribution < -0.4 is 16.4 Å². The maximum Gasteiger partial charge on any atom is 0.411 e. The molecule has 0 saturated heterocycles. The lowest BCUT2D eigenvalue weighted by molar-refractivity contribution is -0.138. The summed E-state index contributed by atoms with van der Waals surface area (Å²) < 4.78 is 23.4. The van der Waals surface area contributed by atoms with Crippen molar-refractivity contribution in [2.45, 2.75) is 71.3 Å². The number of carboxylic acids is 1. The molecule has 0 bridgehead atoms. The fourth-order valence-corrected chi connectivity index (χ4v) is 4.27. The zero-order valence-corrected chi connectivity index (χ0v) is 25.9. The molecule has 2 rings (SSSR count). The Morgan fingerprint density at radius 2 is 1.83 bits per heavy atom. The lowest BCUT2D eigenvalue weighted by Gasteiger charge is -2.24. The summed E-state index contributed by atoms with van der Waals surface area (Å²) in [5, 5.41) is 14.3. The number of rotatable bonds is 14. The molecule has 228 valence electrons. The van der Waals surface area contributed by atoms with Crippen molar-refractivity contribution in [1.82, 2.24) is 14.9 Å². The average Bonchev–Trinajstić information content (AvgIpc) is 3.25. The minimum absolute atomic E-state index is 0.0519. The molecule has 0 saturated carbocycles. The monoisotopic (exact) mass is 593 g/mol. The second-order valence-corrected chi connectivity index (χ2v) is 17.3. The van der Waals surface area contributed by atoms with Crippen LogP contribution in [0, 0.1) is 0 Å². The zero-order valence-electron chi connectivity index (χ0n) is 24.9. The highest BCUT2D eigenvalue weighted by Crippen LogP contribution is 2.30. The first-order chi connectivity index (χ1) is 19.1. The molecule has 0 aliphatic heterocycles. The Morgan fingerprint density at radius 3 is 2.41 bits per heavy atom. The number of alkyl carbamates (subject to hydrolysis) is 1. The third kappa shape index (κ3) is 12.2. The van der Waals surface area contributed by atoms with Gasteiger partial charge >= 0.3 is 18.2 Å². The number of methoxy groups -OCH3 is 1. The van der Waals surface area contributed by atoms with Crippen LogP contribution >= 0.6 is 0 Å². The number of amides is 2. The van der Waals surface area contributed by atoms with Crippen molar-refractivity contribution in [2.75, 3.05) is 38.0 Å². The van der Waals surface area contributed by atoms with Gasteiger partial charge in [0.1, 0.15) is 24.2 Å². The summed E-state index contributed by atoms with van der Waals surface area (Å²) in [7, 11) is -0.0644. The number of benzene rings is 1. The van der Waals surface area contributed by atoms with Crippen LogP contribution in [0.25, 0.3) is 11.3 Å². The summed E-state index contributed by atoms with van der Waals surface area (Å²) in [5.74, 6) is -0.591. The standard InChI is InChI=1S/C27H43N5O8Si/c1-27(2,3)40-26(36)31-22(16-38-11-10-23(33)34)24-30-21(15-32(24)17-39-12-13-41(5,6)7)19-9-8-18(14-20(19)28)29-25(35)37-4/h8-9,14-15,22H,10-13,16-17,28H2,1-7H3,(H,29,35)(H,31,36)(H,33,34)/t22-/m1/s1. The molecule has 0 spiro atoms. The summed E-state index contributed by atoms with van der Waals surface area (Å²) in [6.07, 6.45) is 0.251. The van der Waals surface area contributed by atoms with Crippen molar-refractivity contribution in [2.24, 2.45) is 0 Å². The lowest BCUT2D eigenvalue weighted by atomic mass is 10.1. The summed E-state index contributed by atoms with van der Waals surface area (Å²) in [6.45, 7) is 12.6. The summed E-state index contributed by atoms with van der Waals surface area (Å²) in [4.78, 5) is 40.1. The number of hydrogen-bond donors (Lipinski definition) is 4. The number of carbonyl (C=O) groups is 3.